The highest BCUT2D eigenvalue weighted by Gasteiger charge is 2.18. The Morgan fingerprint density at radius 3 is 2.56 bits per heavy atom. The highest BCUT2D eigenvalue weighted by atomic mass is 32.1. The van der Waals surface area contributed by atoms with Crippen LogP contribution in [0.5, 0.6) is 5.75 Å². The van der Waals surface area contributed by atoms with E-state index in [4.69, 9.17) is 17.0 Å². The van der Waals surface area contributed by atoms with E-state index in [1.165, 1.54) is 6.42 Å². The summed E-state index contributed by atoms with van der Waals surface area (Å²) in [7, 11) is 1.64. The Morgan fingerprint density at radius 1 is 1.11 bits per heavy atom. The van der Waals surface area contributed by atoms with Crippen LogP contribution in [0, 0.1) is 0 Å². The van der Waals surface area contributed by atoms with Crippen LogP contribution in [0.2, 0.25) is 0 Å². The number of piperidine rings is 1. The number of nitrogens with one attached hydrogen (secondary N) is 2. The van der Waals surface area contributed by atoms with Crippen LogP contribution in [-0.2, 0) is 6.54 Å². The summed E-state index contributed by atoms with van der Waals surface area (Å²) in [6, 6.07) is 15.3. The number of carbonyl (C=O) groups excluding carboxylic acids is 1. The smallest absolute Gasteiger partial charge is 0.253 e. The van der Waals surface area contributed by atoms with Gasteiger partial charge < -0.3 is 20.3 Å². The molecule has 1 amide bonds. The molecule has 6 heteroatoms. The van der Waals surface area contributed by atoms with Crippen LogP contribution >= 0.6 is 12.2 Å². The number of rotatable bonds is 5. The molecule has 2 aromatic rings. The molecule has 0 aliphatic carbocycles. The van der Waals surface area contributed by atoms with E-state index in [1.807, 2.05) is 53.4 Å². The van der Waals surface area contributed by atoms with E-state index in [-0.39, 0.29) is 5.91 Å². The molecule has 0 spiro atoms. The summed E-state index contributed by atoms with van der Waals surface area (Å²) in [4.78, 5) is 14.6. The van der Waals surface area contributed by atoms with Crippen molar-refractivity contribution >= 4 is 28.9 Å². The van der Waals surface area contributed by atoms with Crippen molar-refractivity contribution < 1.29 is 9.53 Å². The first-order valence-corrected chi connectivity index (χ1v) is 9.63. The second kappa shape index (κ2) is 9.37. The number of methoxy groups -OCH3 is 1. The van der Waals surface area contributed by atoms with Crippen molar-refractivity contribution in [2.75, 3.05) is 25.5 Å². The number of hydrogen-bond donors (Lipinski definition) is 2. The number of benzene rings is 2. The number of amides is 1. The summed E-state index contributed by atoms with van der Waals surface area (Å²) < 4.78 is 5.15. The lowest BCUT2D eigenvalue weighted by Gasteiger charge is -2.26. The van der Waals surface area contributed by atoms with E-state index >= 15 is 0 Å². The maximum absolute atomic E-state index is 12.6. The largest absolute Gasteiger partial charge is 0.497 e. The van der Waals surface area contributed by atoms with Gasteiger partial charge in [0.25, 0.3) is 5.91 Å². The molecule has 27 heavy (non-hydrogen) atoms. The molecule has 0 aromatic heterocycles. The molecule has 1 fully saturated rings. The van der Waals surface area contributed by atoms with E-state index in [9.17, 15) is 4.79 Å². The molecule has 1 aliphatic rings. The highest BCUT2D eigenvalue weighted by Crippen LogP contribution is 2.16. The molecule has 142 valence electrons. The van der Waals surface area contributed by atoms with Crippen molar-refractivity contribution in [3.05, 3.63) is 59.7 Å². The van der Waals surface area contributed by atoms with Gasteiger partial charge in [0.2, 0.25) is 0 Å². The molecule has 5 nitrogen and oxygen atoms in total. The lowest BCUT2D eigenvalue weighted by Crippen LogP contribution is -2.35. The number of likely N-dealkylation sites (tertiary alicyclic amines) is 1. The fraction of sp³-hybridized carbons (Fsp3) is 0.333. The molecule has 1 aliphatic heterocycles. The average molecular weight is 384 g/mol. The van der Waals surface area contributed by atoms with Crippen molar-refractivity contribution in [3.63, 3.8) is 0 Å². The second-order valence-corrected chi connectivity index (χ2v) is 7.00. The van der Waals surface area contributed by atoms with E-state index in [2.05, 4.69) is 10.6 Å². The summed E-state index contributed by atoms with van der Waals surface area (Å²) in [6.45, 7) is 2.28. The van der Waals surface area contributed by atoms with E-state index < -0.39 is 0 Å². The summed E-state index contributed by atoms with van der Waals surface area (Å²) >= 11 is 5.35. The predicted octanol–water partition coefficient (Wildman–Crippen LogP) is 3.81. The summed E-state index contributed by atoms with van der Waals surface area (Å²) in [5.74, 6) is 0.921. The minimum Gasteiger partial charge on any atom is -0.497 e. The van der Waals surface area contributed by atoms with Gasteiger partial charge in [0, 0.05) is 30.9 Å². The number of anilines is 1. The van der Waals surface area contributed by atoms with Crippen molar-refractivity contribution in [2.45, 2.75) is 25.8 Å². The van der Waals surface area contributed by atoms with Crippen molar-refractivity contribution in [2.24, 2.45) is 0 Å². The van der Waals surface area contributed by atoms with Gasteiger partial charge in [-0.3, -0.25) is 4.79 Å². The summed E-state index contributed by atoms with van der Waals surface area (Å²) in [5, 5.41) is 6.86. The molecule has 0 unspecified atom stereocenters. The number of hydrogen-bond acceptors (Lipinski definition) is 3. The van der Waals surface area contributed by atoms with Crippen LogP contribution in [0.25, 0.3) is 0 Å². The van der Waals surface area contributed by atoms with Gasteiger partial charge >= 0.3 is 0 Å². The second-order valence-electron chi connectivity index (χ2n) is 6.59. The molecule has 1 saturated heterocycles. The van der Waals surface area contributed by atoms with Crippen LogP contribution in [0.4, 0.5) is 5.69 Å². The van der Waals surface area contributed by atoms with Crippen LogP contribution in [0.1, 0.15) is 35.2 Å². The summed E-state index contributed by atoms with van der Waals surface area (Å²) in [5.41, 5.74) is 2.66. The van der Waals surface area contributed by atoms with E-state index in [0.717, 1.165) is 48.5 Å². The van der Waals surface area contributed by atoms with E-state index in [1.54, 1.807) is 7.11 Å². The molecule has 2 aromatic carbocycles. The number of carbonyl (C=O) groups is 1. The Balaban J connectivity index is 1.54. The Kier molecular flexibility index (Phi) is 6.65. The first kappa shape index (κ1) is 19.2. The minimum absolute atomic E-state index is 0.121. The Labute approximate surface area is 165 Å². The molecule has 1 heterocycles. The monoisotopic (exact) mass is 383 g/mol. The third-order valence-corrected chi connectivity index (χ3v) is 4.86. The van der Waals surface area contributed by atoms with Gasteiger partial charge in [-0.1, -0.05) is 12.1 Å². The molecular formula is C21H25N3O2S. The van der Waals surface area contributed by atoms with Crippen LogP contribution in [-0.4, -0.2) is 36.1 Å². The van der Waals surface area contributed by atoms with Crippen molar-refractivity contribution in [1.82, 2.24) is 10.2 Å². The number of thiocarbonyl (C=S) groups is 1. The zero-order valence-corrected chi connectivity index (χ0v) is 16.3. The lowest BCUT2D eigenvalue weighted by molar-refractivity contribution is 0.0724. The first-order valence-electron chi connectivity index (χ1n) is 9.23. The maximum atomic E-state index is 12.6. The molecule has 2 N–H and O–H groups in total. The van der Waals surface area contributed by atoms with Gasteiger partial charge in [-0.25, -0.2) is 0 Å². The fourth-order valence-electron chi connectivity index (χ4n) is 3.13. The number of nitrogens with zero attached hydrogens (tertiary/aromatic N) is 1. The van der Waals surface area contributed by atoms with Gasteiger partial charge in [-0.2, -0.15) is 0 Å². The maximum Gasteiger partial charge on any atom is 0.253 e. The summed E-state index contributed by atoms with van der Waals surface area (Å²) in [6.07, 6.45) is 3.41. The molecule has 0 radical (unpaired) electrons. The average Bonchev–Trinajstić information content (AvgIpc) is 2.73. The number of ether oxygens (including phenoxy) is 1. The van der Waals surface area contributed by atoms with Crippen LogP contribution in [0.15, 0.2) is 48.5 Å². The first-order chi connectivity index (χ1) is 13.2. The van der Waals surface area contributed by atoms with Gasteiger partial charge in [-0.15, -0.1) is 0 Å². The quantitative estimate of drug-likeness (QED) is 0.769. The standard InChI is InChI=1S/C21H25N3O2S/c1-26-19-10-8-18(9-11-19)23-21(27)22-15-16-6-5-7-17(14-16)20(25)24-12-3-2-4-13-24/h5-11,14H,2-4,12-13,15H2,1H3,(H2,22,23,27). The van der Waals surface area contributed by atoms with Gasteiger partial charge in [0.1, 0.15) is 5.75 Å². The highest BCUT2D eigenvalue weighted by molar-refractivity contribution is 7.80. The third-order valence-electron chi connectivity index (χ3n) is 4.62. The zero-order chi connectivity index (χ0) is 19.1. The van der Waals surface area contributed by atoms with Crippen LogP contribution < -0.4 is 15.4 Å². The topological polar surface area (TPSA) is 53.6 Å². The Bertz CT molecular complexity index is 786. The SMILES string of the molecule is COc1ccc(NC(=S)NCc2cccc(C(=O)N3CCCCC3)c2)cc1. The normalized spacial score (nSPS) is 13.7. The molecule has 3 rings (SSSR count). The molecule has 0 saturated carbocycles. The fourth-order valence-corrected chi connectivity index (χ4v) is 3.32. The van der Waals surface area contributed by atoms with Gasteiger partial charge in [-0.05, 0) is 73.4 Å². The minimum atomic E-state index is 0.121. The molecule has 0 bridgehead atoms. The van der Waals surface area contributed by atoms with Crippen LogP contribution in [0.3, 0.4) is 0 Å². The van der Waals surface area contributed by atoms with Crippen molar-refractivity contribution in [1.29, 1.82) is 0 Å². The van der Waals surface area contributed by atoms with Gasteiger partial charge in [0.05, 0.1) is 7.11 Å². The Morgan fingerprint density at radius 2 is 1.85 bits per heavy atom. The molecule has 0 atom stereocenters. The van der Waals surface area contributed by atoms with E-state index in [0.29, 0.717) is 11.7 Å². The van der Waals surface area contributed by atoms with Gasteiger partial charge in [0.15, 0.2) is 5.11 Å². The zero-order valence-electron chi connectivity index (χ0n) is 15.5. The molecular weight excluding hydrogens is 358 g/mol. The lowest BCUT2D eigenvalue weighted by atomic mass is 10.1. The Hall–Kier alpha value is -2.60. The van der Waals surface area contributed by atoms with Crippen molar-refractivity contribution in [3.8, 4) is 5.75 Å². The third kappa shape index (κ3) is 5.44. The predicted molar refractivity (Wildman–Crippen MR) is 112 cm³/mol.